The Bertz CT molecular complexity index is 1120. The van der Waals surface area contributed by atoms with Crippen LogP contribution in [0.4, 0.5) is 0 Å². The summed E-state index contributed by atoms with van der Waals surface area (Å²) in [5.41, 5.74) is 0. The van der Waals surface area contributed by atoms with Crippen LogP contribution in [0, 0.1) is 0 Å². The van der Waals surface area contributed by atoms with Crippen LogP contribution in [-0.2, 0) is 28.6 Å². The van der Waals surface area contributed by atoms with E-state index < -0.39 is 6.10 Å². The molecule has 6 heteroatoms. The summed E-state index contributed by atoms with van der Waals surface area (Å²) in [6, 6.07) is 0. The third-order valence-corrected chi connectivity index (χ3v) is 11.0. The maximum atomic E-state index is 12.8. The first-order chi connectivity index (χ1) is 30.0. The molecule has 1 unspecified atom stereocenters. The number of carbonyl (C=O) groups is 3. The molecule has 1 atom stereocenters. The fraction of sp³-hybridized carbons (Fsp3) is 0.764. The van der Waals surface area contributed by atoms with E-state index in [4.69, 9.17) is 14.2 Å². The van der Waals surface area contributed by atoms with Crippen molar-refractivity contribution in [3.05, 3.63) is 60.8 Å². The van der Waals surface area contributed by atoms with Crippen LogP contribution in [0.15, 0.2) is 60.8 Å². The van der Waals surface area contributed by atoms with E-state index in [9.17, 15) is 14.4 Å². The summed E-state index contributed by atoms with van der Waals surface area (Å²) in [7, 11) is 0. The minimum absolute atomic E-state index is 0.0928. The molecule has 0 aromatic heterocycles. The number of rotatable bonds is 46. The Balaban J connectivity index is 4.41. The summed E-state index contributed by atoms with van der Waals surface area (Å²) in [6.45, 7) is 6.47. The lowest BCUT2D eigenvalue weighted by molar-refractivity contribution is -0.167. The second kappa shape index (κ2) is 49.8. The Morgan fingerprint density at radius 3 is 1.13 bits per heavy atom. The van der Waals surface area contributed by atoms with Crippen molar-refractivity contribution >= 4 is 17.9 Å². The zero-order valence-corrected chi connectivity index (χ0v) is 40.2. The molecule has 0 spiro atoms. The van der Waals surface area contributed by atoms with Crippen molar-refractivity contribution in [1.82, 2.24) is 0 Å². The third-order valence-electron chi connectivity index (χ3n) is 11.0. The number of carbonyl (C=O) groups excluding carboxylic acids is 3. The minimum Gasteiger partial charge on any atom is -0.462 e. The van der Waals surface area contributed by atoms with Gasteiger partial charge in [-0.2, -0.15) is 0 Å². The van der Waals surface area contributed by atoms with Crippen molar-refractivity contribution in [3.63, 3.8) is 0 Å². The molecule has 0 saturated heterocycles. The summed E-state index contributed by atoms with van der Waals surface area (Å²) in [4.78, 5) is 37.9. The van der Waals surface area contributed by atoms with Crippen LogP contribution in [0.25, 0.3) is 0 Å². The fourth-order valence-electron chi connectivity index (χ4n) is 7.15. The number of unbranched alkanes of at least 4 members (excludes halogenated alkanes) is 26. The van der Waals surface area contributed by atoms with Crippen molar-refractivity contribution in [2.45, 2.75) is 258 Å². The smallest absolute Gasteiger partial charge is 0.306 e. The molecule has 352 valence electrons. The largest absolute Gasteiger partial charge is 0.462 e. The second-order valence-electron chi connectivity index (χ2n) is 17.1. The highest BCUT2D eigenvalue weighted by atomic mass is 16.6. The Morgan fingerprint density at radius 2 is 0.689 bits per heavy atom. The summed E-state index contributed by atoms with van der Waals surface area (Å²) < 4.78 is 16.7. The van der Waals surface area contributed by atoms with Crippen molar-refractivity contribution in [3.8, 4) is 0 Å². The van der Waals surface area contributed by atoms with Gasteiger partial charge in [-0.25, -0.2) is 0 Å². The zero-order chi connectivity index (χ0) is 44.4. The van der Waals surface area contributed by atoms with Gasteiger partial charge in [-0.05, 0) is 77.0 Å². The molecule has 0 bridgehead atoms. The van der Waals surface area contributed by atoms with E-state index in [0.717, 1.165) is 96.3 Å². The Kier molecular flexibility index (Phi) is 47.4. The van der Waals surface area contributed by atoms with Crippen LogP contribution in [-0.4, -0.2) is 37.2 Å². The number of ether oxygens (including phenoxy) is 3. The van der Waals surface area contributed by atoms with E-state index in [1.165, 1.54) is 116 Å². The molecule has 0 heterocycles. The molecular weight excluding hydrogens is 757 g/mol. The normalized spacial score (nSPS) is 12.5. The van der Waals surface area contributed by atoms with Crippen LogP contribution in [0.3, 0.4) is 0 Å². The van der Waals surface area contributed by atoms with E-state index in [-0.39, 0.29) is 31.1 Å². The van der Waals surface area contributed by atoms with Gasteiger partial charge < -0.3 is 14.2 Å². The lowest BCUT2D eigenvalue weighted by Crippen LogP contribution is -2.30. The van der Waals surface area contributed by atoms with Gasteiger partial charge in [0.1, 0.15) is 13.2 Å². The van der Waals surface area contributed by atoms with Crippen molar-refractivity contribution < 1.29 is 28.6 Å². The molecule has 0 aromatic carbocycles. The minimum atomic E-state index is -0.793. The standard InChI is InChI=1S/C55H96O6/c1-4-7-10-13-16-19-22-25-26-27-28-29-31-33-36-39-42-45-48-54(57)60-51-52(50-59-53(56)47-44-41-38-35-32-24-21-18-15-12-9-6-3)61-55(58)49-46-43-40-37-34-30-23-20-17-14-11-8-5-2/h9,12,18,21,26-29,32,35,52H,4-8,10-11,13-17,19-20,22-25,30-31,33-34,36-51H2,1-3H3/b12-9-,21-18-,27-26-,29-28-,35-32-. The molecule has 0 aliphatic heterocycles. The van der Waals surface area contributed by atoms with Crippen LogP contribution in [0.5, 0.6) is 0 Å². The molecule has 0 saturated carbocycles. The van der Waals surface area contributed by atoms with Crippen molar-refractivity contribution in [2.24, 2.45) is 0 Å². The van der Waals surface area contributed by atoms with Gasteiger partial charge in [-0.1, -0.05) is 216 Å². The Labute approximate surface area is 377 Å². The average Bonchev–Trinajstić information content (AvgIpc) is 3.26. The predicted molar refractivity (Wildman–Crippen MR) is 261 cm³/mol. The highest BCUT2D eigenvalue weighted by Gasteiger charge is 2.19. The molecule has 0 aliphatic rings. The van der Waals surface area contributed by atoms with E-state index in [1.807, 2.05) is 0 Å². The van der Waals surface area contributed by atoms with Gasteiger partial charge >= 0.3 is 17.9 Å². The number of hydrogen-bond donors (Lipinski definition) is 0. The quantitative estimate of drug-likeness (QED) is 0.0200. The number of esters is 3. The molecule has 0 radical (unpaired) electrons. The summed E-state index contributed by atoms with van der Waals surface area (Å²) >= 11 is 0. The van der Waals surface area contributed by atoms with Gasteiger partial charge in [0.05, 0.1) is 0 Å². The molecule has 0 N–H and O–H groups in total. The second-order valence-corrected chi connectivity index (χ2v) is 17.1. The first-order valence-electron chi connectivity index (χ1n) is 25.8. The van der Waals surface area contributed by atoms with E-state index in [2.05, 4.69) is 81.5 Å². The third kappa shape index (κ3) is 48.0. The number of allylic oxidation sites excluding steroid dienone is 10. The van der Waals surface area contributed by atoms with E-state index >= 15 is 0 Å². The number of hydrogen-bond acceptors (Lipinski definition) is 6. The first kappa shape index (κ1) is 58.1. The van der Waals surface area contributed by atoms with Gasteiger partial charge in [-0.3, -0.25) is 14.4 Å². The molecular formula is C55H96O6. The van der Waals surface area contributed by atoms with Gasteiger partial charge in [-0.15, -0.1) is 0 Å². The molecule has 61 heavy (non-hydrogen) atoms. The Hall–Kier alpha value is -2.89. The lowest BCUT2D eigenvalue weighted by atomic mass is 10.0. The van der Waals surface area contributed by atoms with Gasteiger partial charge in [0, 0.05) is 19.3 Å². The van der Waals surface area contributed by atoms with E-state index in [0.29, 0.717) is 19.3 Å². The fourth-order valence-corrected chi connectivity index (χ4v) is 7.15. The maximum absolute atomic E-state index is 12.8. The SMILES string of the molecule is CC/C=C\C/C=C\C/C=C\CCCCC(=O)OCC(COC(=O)CCCCCCC/C=C\C=C/CCCCCCCCC)OC(=O)CCCCCCCCCCCCCCC. The van der Waals surface area contributed by atoms with Gasteiger partial charge in [0.2, 0.25) is 0 Å². The lowest BCUT2D eigenvalue weighted by Gasteiger charge is -2.18. The molecule has 0 fully saturated rings. The first-order valence-corrected chi connectivity index (χ1v) is 25.8. The highest BCUT2D eigenvalue weighted by molar-refractivity contribution is 5.71. The average molecular weight is 853 g/mol. The van der Waals surface area contributed by atoms with Crippen LogP contribution in [0.1, 0.15) is 252 Å². The summed E-state index contributed by atoms with van der Waals surface area (Å²) in [5, 5.41) is 0. The molecule has 0 amide bonds. The Morgan fingerprint density at radius 1 is 0.361 bits per heavy atom. The van der Waals surface area contributed by atoms with E-state index in [1.54, 1.807) is 0 Å². The highest BCUT2D eigenvalue weighted by Crippen LogP contribution is 2.15. The van der Waals surface area contributed by atoms with Gasteiger partial charge in [0.15, 0.2) is 6.10 Å². The summed E-state index contributed by atoms with van der Waals surface area (Å²) in [6.07, 6.45) is 60.7. The predicted octanol–water partition coefficient (Wildman–Crippen LogP) is 16.9. The monoisotopic (exact) mass is 853 g/mol. The zero-order valence-electron chi connectivity index (χ0n) is 40.2. The van der Waals surface area contributed by atoms with Crippen molar-refractivity contribution in [1.29, 1.82) is 0 Å². The maximum Gasteiger partial charge on any atom is 0.306 e. The molecule has 0 aliphatic carbocycles. The van der Waals surface area contributed by atoms with Crippen LogP contribution in [0.2, 0.25) is 0 Å². The van der Waals surface area contributed by atoms with Crippen LogP contribution >= 0.6 is 0 Å². The van der Waals surface area contributed by atoms with Gasteiger partial charge in [0.25, 0.3) is 0 Å². The topological polar surface area (TPSA) is 78.9 Å². The molecule has 6 nitrogen and oxygen atoms in total. The summed E-state index contributed by atoms with van der Waals surface area (Å²) in [5.74, 6) is -0.942. The van der Waals surface area contributed by atoms with Crippen molar-refractivity contribution in [2.75, 3.05) is 13.2 Å². The molecule has 0 rings (SSSR count). The molecule has 0 aromatic rings. The van der Waals surface area contributed by atoms with Crippen LogP contribution < -0.4 is 0 Å².